The first-order valence-electron chi connectivity index (χ1n) is 13.3. The van der Waals surface area contributed by atoms with Crippen LogP contribution in [0, 0.1) is 0 Å². The molecule has 0 N–H and O–H groups in total. The normalized spacial score (nSPS) is 22.0. The summed E-state index contributed by atoms with van der Waals surface area (Å²) < 4.78 is 15.3. The number of allylic oxidation sites excluding steroid dienone is 1. The Hall–Kier alpha value is -2.90. The molecule has 0 unspecified atom stereocenters. The lowest BCUT2D eigenvalue weighted by Crippen LogP contribution is -2.45. The van der Waals surface area contributed by atoms with Crippen molar-refractivity contribution in [2.75, 3.05) is 44.3 Å². The molecule has 1 saturated heterocycles. The van der Waals surface area contributed by atoms with Gasteiger partial charge in [0.15, 0.2) is 5.83 Å². The summed E-state index contributed by atoms with van der Waals surface area (Å²) >= 11 is 0. The van der Waals surface area contributed by atoms with E-state index in [4.69, 9.17) is 4.99 Å². The van der Waals surface area contributed by atoms with Crippen molar-refractivity contribution in [3.05, 3.63) is 65.2 Å². The molecule has 0 radical (unpaired) electrons. The summed E-state index contributed by atoms with van der Waals surface area (Å²) in [6.45, 7) is 11.2. The minimum Gasteiger partial charge on any atom is -0.310 e. The molecule has 0 atom stereocenters. The maximum absolute atomic E-state index is 15.3. The number of benzene rings is 1. The first-order chi connectivity index (χ1) is 17.6. The number of rotatable bonds is 5. The fraction of sp³-hybridized carbons (Fsp3) is 0.483. The molecule has 2 fully saturated rings. The smallest absolute Gasteiger partial charge is 0.165 e. The van der Waals surface area contributed by atoms with Gasteiger partial charge in [-0.2, -0.15) is 0 Å². The molecule has 1 aromatic carbocycles. The highest BCUT2D eigenvalue weighted by atomic mass is 19.1. The maximum atomic E-state index is 15.3. The van der Waals surface area contributed by atoms with Crippen molar-refractivity contribution in [2.45, 2.75) is 51.5 Å². The zero-order chi connectivity index (χ0) is 24.7. The summed E-state index contributed by atoms with van der Waals surface area (Å²) in [7, 11) is 0. The molecule has 1 spiro atoms. The van der Waals surface area contributed by atoms with E-state index in [1.54, 1.807) is 4.90 Å². The zero-order valence-corrected chi connectivity index (χ0v) is 21.4. The van der Waals surface area contributed by atoms with E-state index in [0.29, 0.717) is 12.4 Å². The maximum Gasteiger partial charge on any atom is 0.165 e. The Labute approximate surface area is 213 Å². The number of hydrogen-bond acceptors (Lipinski definition) is 6. The summed E-state index contributed by atoms with van der Waals surface area (Å²) in [5.74, 6) is 0.396. The average molecular weight is 487 g/mol. The van der Waals surface area contributed by atoms with Crippen molar-refractivity contribution >= 4 is 22.9 Å². The van der Waals surface area contributed by atoms with Gasteiger partial charge in [0.25, 0.3) is 0 Å². The lowest BCUT2D eigenvalue weighted by Gasteiger charge is -2.34. The number of likely N-dealkylation sites (N-methyl/N-ethyl adjacent to an activating group) is 1. The van der Waals surface area contributed by atoms with Gasteiger partial charge < -0.3 is 9.80 Å². The van der Waals surface area contributed by atoms with Crippen molar-refractivity contribution in [2.24, 2.45) is 9.98 Å². The minimum atomic E-state index is -0.322. The minimum absolute atomic E-state index is 0.0437. The molecule has 6 rings (SSSR count). The number of nitrogens with zero attached hydrogens (tertiary/aromatic N) is 6. The highest BCUT2D eigenvalue weighted by molar-refractivity contribution is 6.13. The van der Waals surface area contributed by atoms with Crippen molar-refractivity contribution in [1.82, 2.24) is 14.8 Å². The Kier molecular flexibility index (Phi) is 6.21. The van der Waals surface area contributed by atoms with Gasteiger partial charge in [-0.1, -0.05) is 31.9 Å². The molecule has 7 heteroatoms. The Bertz CT molecular complexity index is 1220. The second-order valence-electron chi connectivity index (χ2n) is 10.5. The zero-order valence-electron chi connectivity index (χ0n) is 21.4. The second-order valence-corrected chi connectivity index (χ2v) is 10.5. The first kappa shape index (κ1) is 23.5. The molecule has 4 aliphatic rings. The van der Waals surface area contributed by atoms with Crippen LogP contribution in [0.25, 0.3) is 0 Å². The highest BCUT2D eigenvalue weighted by Gasteiger charge is 2.43. The third-order valence-corrected chi connectivity index (χ3v) is 8.52. The predicted molar refractivity (Wildman–Crippen MR) is 144 cm³/mol. The van der Waals surface area contributed by atoms with E-state index in [1.807, 2.05) is 24.4 Å². The van der Waals surface area contributed by atoms with Gasteiger partial charge in [-0.15, -0.1) is 0 Å². The van der Waals surface area contributed by atoms with Crippen LogP contribution < -0.4 is 4.90 Å². The monoisotopic (exact) mass is 486 g/mol. The molecule has 2 aromatic rings. The van der Waals surface area contributed by atoms with Crippen LogP contribution in [-0.4, -0.2) is 65.6 Å². The van der Waals surface area contributed by atoms with Crippen LogP contribution in [0.3, 0.4) is 0 Å². The van der Waals surface area contributed by atoms with Gasteiger partial charge in [0.05, 0.1) is 5.69 Å². The average Bonchev–Trinajstić information content (AvgIpc) is 3.51. The summed E-state index contributed by atoms with van der Waals surface area (Å²) in [6.07, 6.45) is 8.16. The lowest BCUT2D eigenvalue weighted by molar-refractivity contribution is 0.132. The van der Waals surface area contributed by atoms with E-state index in [9.17, 15) is 0 Å². The molecule has 188 valence electrons. The number of fused-ring (bicyclic) bond motifs is 2. The van der Waals surface area contributed by atoms with Crippen molar-refractivity contribution in [3.8, 4) is 0 Å². The number of hydrogen-bond donors (Lipinski definition) is 0. The lowest BCUT2D eigenvalue weighted by atomic mass is 9.76. The standard InChI is InChI=1S/C29H35FN6/c1-3-34-12-14-35(15-13-34)18-22-6-9-27(31-17-22)36-19-25(30)28(32-20-36)23-7-8-26-24(16-23)29(21(2)33-26)10-4-5-11-29/h6-9,16-17,19H,3-5,10-15,18,20H2,1-2H3. The molecule has 6 nitrogen and oxygen atoms in total. The van der Waals surface area contributed by atoms with E-state index in [0.717, 1.165) is 69.2 Å². The van der Waals surface area contributed by atoms with Gasteiger partial charge >= 0.3 is 0 Å². The van der Waals surface area contributed by atoms with Crippen molar-refractivity contribution in [1.29, 1.82) is 0 Å². The topological polar surface area (TPSA) is 47.3 Å². The number of piperazine rings is 1. The van der Waals surface area contributed by atoms with Gasteiger partial charge in [0.1, 0.15) is 18.2 Å². The number of anilines is 1. The van der Waals surface area contributed by atoms with Crippen LogP contribution in [0.4, 0.5) is 15.9 Å². The van der Waals surface area contributed by atoms with Crippen LogP contribution >= 0.6 is 0 Å². The molecule has 36 heavy (non-hydrogen) atoms. The van der Waals surface area contributed by atoms with E-state index < -0.39 is 0 Å². The summed E-state index contributed by atoms with van der Waals surface area (Å²) in [5.41, 5.74) is 5.99. The van der Waals surface area contributed by atoms with Crippen LogP contribution in [0.15, 0.2) is 58.5 Å². The fourth-order valence-electron chi connectivity index (χ4n) is 6.29. The third kappa shape index (κ3) is 4.18. The van der Waals surface area contributed by atoms with Crippen LogP contribution in [0.2, 0.25) is 0 Å². The van der Waals surface area contributed by atoms with E-state index >= 15 is 4.39 Å². The molecule has 0 amide bonds. The quantitative estimate of drug-likeness (QED) is 0.582. The predicted octanol–water partition coefficient (Wildman–Crippen LogP) is 5.21. The Balaban J connectivity index is 1.14. The van der Waals surface area contributed by atoms with Crippen LogP contribution in [-0.2, 0) is 12.0 Å². The van der Waals surface area contributed by atoms with Crippen LogP contribution in [0.5, 0.6) is 0 Å². The Morgan fingerprint density at radius 3 is 2.47 bits per heavy atom. The van der Waals surface area contributed by atoms with Gasteiger partial charge in [-0.05, 0) is 55.6 Å². The second kappa shape index (κ2) is 9.52. The Morgan fingerprint density at radius 2 is 1.78 bits per heavy atom. The SMILES string of the molecule is CCN1CCN(Cc2ccc(N3C=C(F)C(c4ccc5c(c4)C4(CCCC4)C(C)=N5)=NC3)nc2)CC1. The highest BCUT2D eigenvalue weighted by Crippen LogP contribution is 2.50. The van der Waals surface area contributed by atoms with Gasteiger partial charge in [-0.3, -0.25) is 14.9 Å². The first-order valence-corrected chi connectivity index (χ1v) is 13.3. The molecule has 4 heterocycles. The van der Waals surface area contributed by atoms with E-state index in [-0.39, 0.29) is 11.2 Å². The van der Waals surface area contributed by atoms with Crippen molar-refractivity contribution < 1.29 is 4.39 Å². The van der Waals surface area contributed by atoms with Gasteiger partial charge in [0, 0.05) is 61.8 Å². The Morgan fingerprint density at radius 1 is 1.00 bits per heavy atom. The number of aromatic nitrogens is 1. The van der Waals surface area contributed by atoms with Gasteiger partial charge in [-0.25, -0.2) is 9.37 Å². The fourth-order valence-corrected chi connectivity index (χ4v) is 6.29. The molecule has 0 bridgehead atoms. The summed E-state index contributed by atoms with van der Waals surface area (Å²) in [4.78, 5) is 20.8. The molecule has 3 aliphatic heterocycles. The number of aliphatic imine (C=N–C) groups is 2. The summed E-state index contributed by atoms with van der Waals surface area (Å²) in [6, 6.07) is 10.2. The molecule has 1 aliphatic carbocycles. The summed E-state index contributed by atoms with van der Waals surface area (Å²) in [5, 5.41) is 0. The largest absolute Gasteiger partial charge is 0.310 e. The van der Waals surface area contributed by atoms with Crippen LogP contribution in [0.1, 0.15) is 56.2 Å². The van der Waals surface area contributed by atoms with E-state index in [2.05, 4.69) is 45.8 Å². The number of halogens is 1. The molecular weight excluding hydrogens is 451 g/mol. The van der Waals surface area contributed by atoms with Crippen molar-refractivity contribution in [3.63, 3.8) is 0 Å². The van der Waals surface area contributed by atoms with Gasteiger partial charge in [0.2, 0.25) is 0 Å². The third-order valence-electron chi connectivity index (χ3n) is 8.52. The molecular formula is C29H35FN6. The number of pyridine rings is 1. The molecule has 1 aromatic heterocycles. The van der Waals surface area contributed by atoms with E-state index in [1.165, 1.54) is 35.9 Å². The molecule has 1 saturated carbocycles.